The number of benzene rings is 1. The third-order valence-corrected chi connectivity index (χ3v) is 3.33. The average Bonchev–Trinajstić information content (AvgIpc) is 2.68. The van der Waals surface area contributed by atoms with Crippen LogP contribution in [0.1, 0.15) is 12.0 Å². The lowest BCUT2D eigenvalue weighted by Gasteiger charge is -2.15. The van der Waals surface area contributed by atoms with E-state index >= 15 is 0 Å². The number of likely N-dealkylation sites (tertiary alicyclic amines) is 1. The van der Waals surface area contributed by atoms with Crippen LogP contribution in [0.5, 0.6) is 0 Å². The van der Waals surface area contributed by atoms with Gasteiger partial charge in [-0.2, -0.15) is 0 Å². The van der Waals surface area contributed by atoms with E-state index in [1.54, 1.807) is 6.07 Å². The molecule has 2 N–H and O–H groups in total. The number of rotatable bonds is 3. The molecule has 1 saturated heterocycles. The Balaban J connectivity index is 1.91. The van der Waals surface area contributed by atoms with Gasteiger partial charge in [0.25, 0.3) is 0 Å². The molecule has 1 fully saturated rings. The number of hydrogen-bond acceptors (Lipinski definition) is 3. The molecule has 0 bridgehead atoms. The van der Waals surface area contributed by atoms with Crippen LogP contribution in [0.4, 0.5) is 5.69 Å². The highest BCUT2D eigenvalue weighted by atomic mass is 35.5. The molecule has 0 aliphatic carbocycles. The number of carbonyl (C=O) groups excluding carboxylic acids is 1. The van der Waals surface area contributed by atoms with Crippen LogP contribution >= 0.6 is 11.6 Å². The molecule has 1 heterocycles. The first-order chi connectivity index (χ1) is 8.54. The van der Waals surface area contributed by atoms with E-state index in [0.717, 1.165) is 18.5 Å². The molecule has 1 aromatic carbocycles. The number of aryl methyl sites for hydroxylation is 1. The Kier molecular flexibility index (Phi) is 4.22. The lowest BCUT2D eigenvalue weighted by molar-refractivity contribution is -0.117. The van der Waals surface area contributed by atoms with E-state index in [2.05, 4.69) is 5.32 Å². The molecule has 0 radical (unpaired) electrons. The van der Waals surface area contributed by atoms with Crippen molar-refractivity contribution in [2.75, 3.05) is 25.0 Å². The Labute approximate surface area is 112 Å². The summed E-state index contributed by atoms with van der Waals surface area (Å²) in [5.41, 5.74) is 1.69. The van der Waals surface area contributed by atoms with E-state index in [9.17, 15) is 9.90 Å². The quantitative estimate of drug-likeness (QED) is 0.877. The zero-order valence-electron chi connectivity index (χ0n) is 10.3. The largest absolute Gasteiger partial charge is 0.392 e. The number of nitrogens with one attached hydrogen (secondary N) is 1. The number of nitrogens with zero attached hydrogens (tertiary/aromatic N) is 1. The summed E-state index contributed by atoms with van der Waals surface area (Å²) < 4.78 is 0. The summed E-state index contributed by atoms with van der Waals surface area (Å²) in [7, 11) is 0. The zero-order valence-corrected chi connectivity index (χ0v) is 11.1. The fraction of sp³-hybridized carbons (Fsp3) is 0.462. The Bertz CT molecular complexity index is 451. The van der Waals surface area contributed by atoms with E-state index in [4.69, 9.17) is 11.6 Å². The third-order valence-electron chi connectivity index (χ3n) is 3.01. The van der Waals surface area contributed by atoms with Gasteiger partial charge in [0.15, 0.2) is 0 Å². The van der Waals surface area contributed by atoms with Gasteiger partial charge in [-0.05, 0) is 31.0 Å². The summed E-state index contributed by atoms with van der Waals surface area (Å²) in [6.45, 7) is 3.57. The Hall–Kier alpha value is -1.10. The first-order valence-electron chi connectivity index (χ1n) is 6.01. The Morgan fingerprint density at radius 1 is 1.61 bits per heavy atom. The summed E-state index contributed by atoms with van der Waals surface area (Å²) >= 11 is 6.05. The van der Waals surface area contributed by atoms with Crippen LogP contribution in [0.15, 0.2) is 18.2 Å². The first kappa shape index (κ1) is 13.3. The number of halogens is 1. The second kappa shape index (κ2) is 5.69. The van der Waals surface area contributed by atoms with Crippen molar-refractivity contribution >= 4 is 23.2 Å². The monoisotopic (exact) mass is 268 g/mol. The summed E-state index contributed by atoms with van der Waals surface area (Å²) in [6.07, 6.45) is 0.430. The molecule has 0 saturated carbocycles. The van der Waals surface area contributed by atoms with Crippen LogP contribution in [0.2, 0.25) is 5.02 Å². The van der Waals surface area contributed by atoms with Crippen molar-refractivity contribution in [2.45, 2.75) is 19.4 Å². The van der Waals surface area contributed by atoms with Crippen LogP contribution in [-0.4, -0.2) is 41.7 Å². The lowest BCUT2D eigenvalue weighted by Crippen LogP contribution is -2.32. The molecular formula is C13H17ClN2O2. The SMILES string of the molecule is Cc1ccc(NC(=O)CN2CC[C@H](O)C2)c(Cl)c1. The predicted molar refractivity (Wildman–Crippen MR) is 71.9 cm³/mol. The zero-order chi connectivity index (χ0) is 13.1. The minimum Gasteiger partial charge on any atom is -0.392 e. The van der Waals surface area contributed by atoms with E-state index < -0.39 is 0 Å². The molecule has 1 aliphatic rings. The van der Waals surface area contributed by atoms with E-state index in [1.807, 2.05) is 24.0 Å². The highest BCUT2D eigenvalue weighted by Gasteiger charge is 2.22. The van der Waals surface area contributed by atoms with Crippen LogP contribution in [-0.2, 0) is 4.79 Å². The maximum atomic E-state index is 11.8. The number of aliphatic hydroxyl groups is 1. The average molecular weight is 269 g/mol. The first-order valence-corrected chi connectivity index (χ1v) is 6.39. The van der Waals surface area contributed by atoms with Gasteiger partial charge in [-0.1, -0.05) is 17.7 Å². The van der Waals surface area contributed by atoms with Crippen molar-refractivity contribution in [1.82, 2.24) is 4.90 Å². The summed E-state index contributed by atoms with van der Waals surface area (Å²) in [4.78, 5) is 13.8. The summed E-state index contributed by atoms with van der Waals surface area (Å²) in [6, 6.07) is 5.52. The molecule has 0 aromatic heterocycles. The van der Waals surface area contributed by atoms with E-state index in [0.29, 0.717) is 23.8 Å². The Morgan fingerprint density at radius 3 is 3.00 bits per heavy atom. The Morgan fingerprint density at radius 2 is 2.39 bits per heavy atom. The topological polar surface area (TPSA) is 52.6 Å². The molecule has 2 rings (SSSR count). The highest BCUT2D eigenvalue weighted by molar-refractivity contribution is 6.33. The minimum absolute atomic E-state index is 0.102. The van der Waals surface area contributed by atoms with Crippen molar-refractivity contribution in [1.29, 1.82) is 0 Å². The van der Waals surface area contributed by atoms with Crippen molar-refractivity contribution < 1.29 is 9.90 Å². The number of aliphatic hydroxyl groups excluding tert-OH is 1. The normalized spacial score (nSPS) is 20.1. The van der Waals surface area contributed by atoms with Crippen LogP contribution in [0.3, 0.4) is 0 Å². The second-order valence-corrected chi connectivity index (χ2v) is 5.12. The lowest BCUT2D eigenvalue weighted by atomic mass is 10.2. The molecule has 1 amide bonds. The fourth-order valence-corrected chi connectivity index (χ4v) is 2.35. The summed E-state index contributed by atoms with van der Waals surface area (Å²) in [5.74, 6) is -0.102. The smallest absolute Gasteiger partial charge is 0.238 e. The van der Waals surface area contributed by atoms with Crippen LogP contribution < -0.4 is 5.32 Å². The summed E-state index contributed by atoms with van der Waals surface area (Å²) in [5, 5.41) is 12.7. The molecule has 1 aromatic rings. The standard InChI is InChI=1S/C13H17ClN2O2/c1-9-2-3-12(11(14)6-9)15-13(18)8-16-5-4-10(17)7-16/h2-3,6,10,17H,4-5,7-8H2,1H3,(H,15,18)/t10-/m0/s1. The fourth-order valence-electron chi connectivity index (χ4n) is 2.07. The maximum Gasteiger partial charge on any atom is 0.238 e. The van der Waals surface area contributed by atoms with Gasteiger partial charge in [0.2, 0.25) is 5.91 Å². The van der Waals surface area contributed by atoms with Crippen molar-refractivity contribution in [3.63, 3.8) is 0 Å². The van der Waals surface area contributed by atoms with Gasteiger partial charge in [0.05, 0.1) is 23.4 Å². The van der Waals surface area contributed by atoms with Gasteiger partial charge in [-0.3, -0.25) is 9.69 Å². The molecule has 18 heavy (non-hydrogen) atoms. The molecule has 1 atom stereocenters. The second-order valence-electron chi connectivity index (χ2n) is 4.71. The van der Waals surface area contributed by atoms with E-state index in [-0.39, 0.29) is 12.0 Å². The molecule has 0 spiro atoms. The molecular weight excluding hydrogens is 252 g/mol. The van der Waals surface area contributed by atoms with Crippen molar-refractivity contribution in [3.8, 4) is 0 Å². The van der Waals surface area contributed by atoms with E-state index in [1.165, 1.54) is 0 Å². The van der Waals surface area contributed by atoms with Gasteiger partial charge in [0.1, 0.15) is 0 Å². The number of anilines is 1. The predicted octanol–water partition coefficient (Wildman–Crippen LogP) is 1.65. The maximum absolute atomic E-state index is 11.8. The van der Waals surface area contributed by atoms with Crippen molar-refractivity contribution in [3.05, 3.63) is 28.8 Å². The van der Waals surface area contributed by atoms with Gasteiger partial charge in [-0.15, -0.1) is 0 Å². The molecule has 98 valence electrons. The molecule has 1 aliphatic heterocycles. The van der Waals surface area contributed by atoms with Gasteiger partial charge in [0, 0.05) is 13.1 Å². The van der Waals surface area contributed by atoms with Gasteiger partial charge < -0.3 is 10.4 Å². The third kappa shape index (κ3) is 3.45. The van der Waals surface area contributed by atoms with Crippen LogP contribution in [0, 0.1) is 6.92 Å². The molecule has 0 unspecified atom stereocenters. The molecule has 4 nitrogen and oxygen atoms in total. The minimum atomic E-state index is -0.305. The van der Waals surface area contributed by atoms with Crippen LogP contribution in [0.25, 0.3) is 0 Å². The van der Waals surface area contributed by atoms with Gasteiger partial charge >= 0.3 is 0 Å². The number of hydrogen-bond donors (Lipinski definition) is 2. The van der Waals surface area contributed by atoms with Crippen molar-refractivity contribution in [2.24, 2.45) is 0 Å². The van der Waals surface area contributed by atoms with Gasteiger partial charge in [-0.25, -0.2) is 0 Å². The number of amides is 1. The number of β-amino-alcohol motifs (C(OH)–C–C–N with tert-alkyl or cyclic N) is 1. The molecule has 5 heteroatoms. The number of carbonyl (C=O) groups is 1. The highest BCUT2D eigenvalue weighted by Crippen LogP contribution is 2.22.